The molecule has 0 aromatic carbocycles. The number of carbonyl (C=O) groups is 1. The molecule has 0 heterocycles. The minimum absolute atomic E-state index is 0.177. The second-order valence-electron chi connectivity index (χ2n) is 6.25. The Hall–Kier alpha value is -0.320. The summed E-state index contributed by atoms with van der Waals surface area (Å²) in [6, 6.07) is 0. The Labute approximate surface area is 105 Å². The molecule has 4 fully saturated rings. The molecule has 2 unspecified atom stereocenters. The highest BCUT2D eigenvalue weighted by atomic mass is 35.5. The molecule has 0 amide bonds. The summed E-state index contributed by atoms with van der Waals surface area (Å²) in [5, 5.41) is 20.9. The van der Waals surface area contributed by atoms with Gasteiger partial charge in [-0.15, -0.1) is 11.6 Å². The van der Waals surface area contributed by atoms with Gasteiger partial charge >= 0.3 is 5.97 Å². The van der Waals surface area contributed by atoms with Crippen molar-refractivity contribution in [3.05, 3.63) is 0 Å². The van der Waals surface area contributed by atoms with Gasteiger partial charge < -0.3 is 14.9 Å². The molecule has 4 nitrogen and oxygen atoms in total. The zero-order valence-electron chi connectivity index (χ0n) is 9.62. The van der Waals surface area contributed by atoms with Gasteiger partial charge in [0, 0.05) is 19.3 Å². The Morgan fingerprint density at radius 2 is 1.76 bits per heavy atom. The zero-order chi connectivity index (χ0) is 12.3. The van der Waals surface area contributed by atoms with Gasteiger partial charge in [-0.05, 0) is 25.2 Å². The Morgan fingerprint density at radius 3 is 2.24 bits per heavy atom. The summed E-state index contributed by atoms with van der Waals surface area (Å²) in [6.45, 7) is 0. The molecule has 4 aliphatic carbocycles. The Kier molecular flexibility index (Phi) is 2.33. The lowest BCUT2D eigenvalue weighted by atomic mass is 9.50. The highest BCUT2D eigenvalue weighted by molar-refractivity contribution is 6.26. The van der Waals surface area contributed by atoms with Crippen molar-refractivity contribution < 1.29 is 19.7 Å². The van der Waals surface area contributed by atoms with Gasteiger partial charge in [0.15, 0.2) is 0 Å². The van der Waals surface area contributed by atoms with Crippen LogP contribution in [0.1, 0.15) is 38.5 Å². The summed E-state index contributed by atoms with van der Waals surface area (Å²) >= 11 is 5.46. The number of aliphatic hydroxyl groups is 2. The van der Waals surface area contributed by atoms with E-state index in [1.165, 1.54) is 0 Å². The van der Waals surface area contributed by atoms with E-state index < -0.39 is 22.8 Å². The lowest BCUT2D eigenvalue weighted by Gasteiger charge is -2.62. The van der Waals surface area contributed by atoms with E-state index in [9.17, 15) is 15.0 Å². The maximum Gasteiger partial charge on any atom is 0.321 e. The molecule has 0 aromatic rings. The first-order valence-corrected chi connectivity index (χ1v) is 6.62. The SMILES string of the molecule is O=C(CCl)OC12CC3CC(O)(CC(O)(C3)C1)C2. The van der Waals surface area contributed by atoms with Gasteiger partial charge in [0.05, 0.1) is 11.2 Å². The molecule has 0 spiro atoms. The summed E-state index contributed by atoms with van der Waals surface area (Å²) in [5.41, 5.74) is -2.41. The monoisotopic (exact) mass is 260 g/mol. The average molecular weight is 261 g/mol. The molecule has 2 N–H and O–H groups in total. The molecule has 4 aliphatic rings. The van der Waals surface area contributed by atoms with Crippen LogP contribution in [-0.4, -0.2) is 38.9 Å². The van der Waals surface area contributed by atoms with Gasteiger partial charge in [0.25, 0.3) is 0 Å². The Bertz CT molecular complexity index is 352. The Balaban J connectivity index is 1.89. The van der Waals surface area contributed by atoms with E-state index >= 15 is 0 Å². The van der Waals surface area contributed by atoms with Crippen LogP contribution in [-0.2, 0) is 9.53 Å². The molecular formula is C12H17ClO4. The maximum atomic E-state index is 11.4. The highest BCUT2D eigenvalue weighted by Crippen LogP contribution is 2.60. The fourth-order valence-electron chi connectivity index (χ4n) is 4.63. The highest BCUT2D eigenvalue weighted by Gasteiger charge is 2.64. The van der Waals surface area contributed by atoms with Crippen LogP contribution in [0.25, 0.3) is 0 Å². The standard InChI is InChI=1S/C12H17ClO4/c13-4-9(14)17-12-3-8-1-10(15,6-12)5-11(16,2-8)7-12/h8,15-16H,1-7H2. The third-order valence-electron chi connectivity index (χ3n) is 4.40. The van der Waals surface area contributed by atoms with Crippen LogP contribution < -0.4 is 0 Å². The van der Waals surface area contributed by atoms with E-state index in [1.807, 2.05) is 0 Å². The topological polar surface area (TPSA) is 66.8 Å². The number of ether oxygens (including phenoxy) is 1. The Morgan fingerprint density at radius 1 is 1.18 bits per heavy atom. The van der Waals surface area contributed by atoms with Gasteiger partial charge in [-0.3, -0.25) is 4.79 Å². The first kappa shape index (κ1) is 11.8. The zero-order valence-corrected chi connectivity index (χ0v) is 10.4. The minimum Gasteiger partial charge on any atom is -0.458 e. The normalized spacial score (nSPS) is 51.6. The molecular weight excluding hydrogens is 244 g/mol. The number of rotatable bonds is 2. The van der Waals surface area contributed by atoms with Crippen LogP contribution in [0.15, 0.2) is 0 Å². The molecule has 4 rings (SSSR count). The van der Waals surface area contributed by atoms with Gasteiger partial charge in [-0.1, -0.05) is 0 Å². The molecule has 2 atom stereocenters. The molecule has 4 saturated carbocycles. The summed E-state index contributed by atoms with van der Waals surface area (Å²) in [4.78, 5) is 11.4. The maximum absolute atomic E-state index is 11.4. The number of hydrogen-bond acceptors (Lipinski definition) is 4. The van der Waals surface area contributed by atoms with Crippen molar-refractivity contribution in [3.8, 4) is 0 Å². The van der Waals surface area contributed by atoms with Gasteiger partial charge in [0.1, 0.15) is 11.5 Å². The van der Waals surface area contributed by atoms with Gasteiger partial charge in [0.2, 0.25) is 0 Å². The molecule has 17 heavy (non-hydrogen) atoms. The quantitative estimate of drug-likeness (QED) is 0.574. The predicted molar refractivity (Wildman–Crippen MR) is 60.6 cm³/mol. The third-order valence-corrected chi connectivity index (χ3v) is 4.62. The van der Waals surface area contributed by atoms with Crippen LogP contribution in [0, 0.1) is 5.92 Å². The summed E-state index contributed by atoms with van der Waals surface area (Å²) in [6.07, 6.45) is 3.49. The van der Waals surface area contributed by atoms with Crippen molar-refractivity contribution in [2.45, 2.75) is 55.3 Å². The molecule has 0 radical (unpaired) electrons. The van der Waals surface area contributed by atoms with Gasteiger partial charge in [-0.25, -0.2) is 0 Å². The second kappa shape index (κ2) is 3.37. The average Bonchev–Trinajstić information content (AvgIpc) is 2.10. The number of alkyl halides is 1. The molecule has 0 aliphatic heterocycles. The number of hydrogen-bond donors (Lipinski definition) is 2. The van der Waals surface area contributed by atoms with Crippen LogP contribution >= 0.6 is 11.6 Å². The van der Waals surface area contributed by atoms with E-state index in [0.29, 0.717) is 19.3 Å². The van der Waals surface area contributed by atoms with Crippen molar-refractivity contribution >= 4 is 17.6 Å². The summed E-state index contributed by atoms with van der Waals surface area (Å²) in [5.74, 6) is -0.381. The first-order chi connectivity index (χ1) is 7.86. The molecule has 96 valence electrons. The van der Waals surface area contributed by atoms with E-state index in [4.69, 9.17) is 16.3 Å². The third kappa shape index (κ3) is 1.86. The molecule has 5 heteroatoms. The summed E-state index contributed by atoms with van der Waals surface area (Å²) < 4.78 is 5.44. The van der Waals surface area contributed by atoms with Crippen molar-refractivity contribution in [1.82, 2.24) is 0 Å². The number of carbonyl (C=O) groups excluding carboxylic acids is 1. The second-order valence-corrected chi connectivity index (χ2v) is 6.52. The van der Waals surface area contributed by atoms with Crippen LogP contribution in [0.5, 0.6) is 0 Å². The van der Waals surface area contributed by atoms with Crippen molar-refractivity contribution in [1.29, 1.82) is 0 Å². The largest absolute Gasteiger partial charge is 0.458 e. The fraction of sp³-hybridized carbons (Fsp3) is 0.917. The fourth-order valence-corrected chi connectivity index (χ4v) is 4.69. The molecule has 0 saturated heterocycles. The lowest BCUT2D eigenvalue weighted by Crippen LogP contribution is -2.67. The smallest absolute Gasteiger partial charge is 0.321 e. The van der Waals surface area contributed by atoms with Crippen LogP contribution in [0.2, 0.25) is 0 Å². The van der Waals surface area contributed by atoms with E-state index in [-0.39, 0.29) is 11.8 Å². The lowest BCUT2D eigenvalue weighted by molar-refractivity contribution is -0.260. The minimum atomic E-state index is -0.860. The van der Waals surface area contributed by atoms with Crippen molar-refractivity contribution in [2.24, 2.45) is 5.92 Å². The predicted octanol–water partition coefficient (Wildman–Crippen LogP) is 0.967. The number of halogens is 1. The van der Waals surface area contributed by atoms with Gasteiger partial charge in [-0.2, -0.15) is 0 Å². The van der Waals surface area contributed by atoms with E-state index in [0.717, 1.165) is 19.3 Å². The van der Waals surface area contributed by atoms with Crippen molar-refractivity contribution in [3.63, 3.8) is 0 Å². The van der Waals surface area contributed by atoms with E-state index in [1.54, 1.807) is 0 Å². The van der Waals surface area contributed by atoms with Crippen LogP contribution in [0.3, 0.4) is 0 Å². The van der Waals surface area contributed by atoms with Crippen LogP contribution in [0.4, 0.5) is 0 Å². The first-order valence-electron chi connectivity index (χ1n) is 6.09. The summed E-state index contributed by atoms with van der Waals surface area (Å²) in [7, 11) is 0. The number of esters is 1. The van der Waals surface area contributed by atoms with E-state index in [2.05, 4.69) is 0 Å². The molecule has 4 bridgehead atoms. The van der Waals surface area contributed by atoms with Crippen molar-refractivity contribution in [2.75, 3.05) is 5.88 Å². The molecule has 0 aromatic heterocycles.